The van der Waals surface area contributed by atoms with Crippen LogP contribution in [0.5, 0.6) is 0 Å². The molecule has 0 heterocycles. The van der Waals surface area contributed by atoms with Gasteiger partial charge in [0, 0.05) is 0 Å². The Labute approximate surface area is 89.3 Å². The third kappa shape index (κ3) is 4.31. The van der Waals surface area contributed by atoms with Crippen molar-refractivity contribution in [2.24, 2.45) is 0 Å². The molecule has 0 N–H and O–H groups in total. The minimum atomic E-state index is -0.320. The molecule has 0 spiro atoms. The maximum Gasteiger partial charge on any atom is 0.338 e. The highest BCUT2D eigenvalue weighted by Gasteiger charge is 2.04. The van der Waals surface area contributed by atoms with Crippen LogP contribution in [0.2, 0.25) is 0 Å². The van der Waals surface area contributed by atoms with E-state index in [4.69, 9.17) is 9.47 Å². The standard InChI is InChI=1S/C12H14O3/c1-2-8-14-9-10-15-12(13)11-6-4-3-5-7-11/h2-8H,9-10H2,1H3/b8-2+. The molecular formula is C12H14O3. The Kier molecular flexibility index (Phi) is 5.01. The number of carbonyl (C=O) groups excluding carboxylic acids is 1. The van der Waals surface area contributed by atoms with Gasteiger partial charge in [0.25, 0.3) is 0 Å². The Bertz CT molecular complexity index is 317. The molecule has 1 aromatic carbocycles. The molecular weight excluding hydrogens is 192 g/mol. The molecule has 0 saturated carbocycles. The number of hydrogen-bond donors (Lipinski definition) is 0. The summed E-state index contributed by atoms with van der Waals surface area (Å²) >= 11 is 0. The second kappa shape index (κ2) is 6.65. The molecule has 0 atom stereocenters. The first kappa shape index (κ1) is 11.3. The second-order valence-electron chi connectivity index (χ2n) is 2.84. The van der Waals surface area contributed by atoms with Crippen LogP contribution < -0.4 is 0 Å². The fourth-order valence-electron chi connectivity index (χ4n) is 1.00. The van der Waals surface area contributed by atoms with Gasteiger partial charge in [-0.2, -0.15) is 0 Å². The predicted octanol–water partition coefficient (Wildman–Crippen LogP) is 2.39. The molecule has 0 fully saturated rings. The molecule has 0 radical (unpaired) electrons. The van der Waals surface area contributed by atoms with Gasteiger partial charge in [-0.15, -0.1) is 0 Å². The topological polar surface area (TPSA) is 35.5 Å². The van der Waals surface area contributed by atoms with Crippen LogP contribution in [0.1, 0.15) is 17.3 Å². The van der Waals surface area contributed by atoms with E-state index in [0.717, 1.165) is 0 Å². The van der Waals surface area contributed by atoms with Crippen LogP contribution in [0, 0.1) is 0 Å². The Morgan fingerprint density at radius 1 is 1.27 bits per heavy atom. The van der Waals surface area contributed by atoms with Crippen molar-refractivity contribution in [3.8, 4) is 0 Å². The number of esters is 1. The van der Waals surface area contributed by atoms with Gasteiger partial charge in [-0.25, -0.2) is 4.79 Å². The first-order valence-corrected chi connectivity index (χ1v) is 4.79. The van der Waals surface area contributed by atoms with Crippen molar-refractivity contribution in [3.05, 3.63) is 48.2 Å². The van der Waals surface area contributed by atoms with Crippen molar-refractivity contribution in [2.45, 2.75) is 6.92 Å². The Morgan fingerprint density at radius 2 is 2.00 bits per heavy atom. The fourth-order valence-corrected chi connectivity index (χ4v) is 1.00. The zero-order valence-electron chi connectivity index (χ0n) is 8.68. The molecule has 0 aliphatic heterocycles. The number of ether oxygens (including phenoxy) is 2. The van der Waals surface area contributed by atoms with Crippen molar-refractivity contribution in [1.29, 1.82) is 0 Å². The molecule has 0 saturated heterocycles. The molecule has 15 heavy (non-hydrogen) atoms. The van der Waals surface area contributed by atoms with Gasteiger partial charge in [0.2, 0.25) is 0 Å². The highest BCUT2D eigenvalue weighted by Crippen LogP contribution is 2.00. The van der Waals surface area contributed by atoms with Gasteiger partial charge in [0.05, 0.1) is 11.8 Å². The summed E-state index contributed by atoms with van der Waals surface area (Å²) in [6.07, 6.45) is 3.34. The summed E-state index contributed by atoms with van der Waals surface area (Å²) in [5.74, 6) is -0.320. The smallest absolute Gasteiger partial charge is 0.338 e. The zero-order valence-corrected chi connectivity index (χ0v) is 8.68. The molecule has 0 aliphatic carbocycles. The van der Waals surface area contributed by atoms with E-state index in [0.29, 0.717) is 12.2 Å². The van der Waals surface area contributed by atoms with Crippen molar-refractivity contribution in [3.63, 3.8) is 0 Å². The Hall–Kier alpha value is -1.77. The van der Waals surface area contributed by atoms with Crippen LogP contribution >= 0.6 is 0 Å². The third-order valence-electron chi connectivity index (χ3n) is 1.68. The summed E-state index contributed by atoms with van der Waals surface area (Å²) < 4.78 is 9.99. The van der Waals surface area contributed by atoms with Crippen LogP contribution in [0.3, 0.4) is 0 Å². The molecule has 0 aliphatic rings. The molecule has 0 bridgehead atoms. The van der Waals surface area contributed by atoms with E-state index in [1.807, 2.05) is 13.0 Å². The monoisotopic (exact) mass is 206 g/mol. The van der Waals surface area contributed by atoms with Crippen LogP contribution in [-0.2, 0) is 9.47 Å². The number of hydrogen-bond acceptors (Lipinski definition) is 3. The van der Waals surface area contributed by atoms with Crippen molar-refractivity contribution >= 4 is 5.97 Å². The molecule has 0 unspecified atom stereocenters. The fraction of sp³-hybridized carbons (Fsp3) is 0.250. The lowest BCUT2D eigenvalue weighted by Gasteiger charge is -2.04. The molecule has 80 valence electrons. The lowest BCUT2D eigenvalue weighted by molar-refractivity contribution is 0.0420. The summed E-state index contributed by atoms with van der Waals surface area (Å²) in [6.45, 7) is 2.50. The van der Waals surface area contributed by atoms with E-state index < -0.39 is 0 Å². The van der Waals surface area contributed by atoms with Gasteiger partial charge < -0.3 is 9.47 Å². The van der Waals surface area contributed by atoms with Crippen LogP contribution in [-0.4, -0.2) is 19.2 Å². The molecule has 3 heteroatoms. The third-order valence-corrected chi connectivity index (χ3v) is 1.68. The largest absolute Gasteiger partial charge is 0.498 e. The number of rotatable bonds is 5. The first-order chi connectivity index (χ1) is 7.34. The number of allylic oxidation sites excluding steroid dienone is 1. The average molecular weight is 206 g/mol. The molecule has 1 aromatic rings. The van der Waals surface area contributed by atoms with E-state index in [2.05, 4.69) is 0 Å². The summed E-state index contributed by atoms with van der Waals surface area (Å²) in [6, 6.07) is 8.88. The Morgan fingerprint density at radius 3 is 2.67 bits per heavy atom. The second-order valence-corrected chi connectivity index (χ2v) is 2.84. The molecule has 1 rings (SSSR count). The number of carbonyl (C=O) groups is 1. The maximum atomic E-state index is 11.4. The summed E-state index contributed by atoms with van der Waals surface area (Å²) in [4.78, 5) is 11.4. The highest BCUT2D eigenvalue weighted by molar-refractivity contribution is 5.89. The summed E-state index contributed by atoms with van der Waals surface area (Å²) in [5.41, 5.74) is 0.559. The SMILES string of the molecule is C/C=C/OCCOC(=O)c1ccccc1. The summed E-state index contributed by atoms with van der Waals surface area (Å²) in [5, 5.41) is 0. The van der Waals surface area contributed by atoms with Crippen LogP contribution in [0.4, 0.5) is 0 Å². The molecule has 3 nitrogen and oxygen atoms in total. The normalized spacial score (nSPS) is 10.2. The van der Waals surface area contributed by atoms with E-state index in [1.54, 1.807) is 36.6 Å². The van der Waals surface area contributed by atoms with Gasteiger partial charge in [-0.1, -0.05) is 24.3 Å². The van der Waals surface area contributed by atoms with Gasteiger partial charge >= 0.3 is 5.97 Å². The number of benzene rings is 1. The zero-order chi connectivity index (χ0) is 10.9. The van der Waals surface area contributed by atoms with Gasteiger partial charge in [0.15, 0.2) is 0 Å². The lowest BCUT2D eigenvalue weighted by Crippen LogP contribution is -2.09. The average Bonchev–Trinajstić information content (AvgIpc) is 2.30. The molecule has 0 amide bonds. The van der Waals surface area contributed by atoms with Gasteiger partial charge in [-0.05, 0) is 19.1 Å². The molecule has 0 aromatic heterocycles. The van der Waals surface area contributed by atoms with Crippen LogP contribution in [0.25, 0.3) is 0 Å². The van der Waals surface area contributed by atoms with E-state index >= 15 is 0 Å². The van der Waals surface area contributed by atoms with Crippen molar-refractivity contribution in [1.82, 2.24) is 0 Å². The Balaban J connectivity index is 2.25. The summed E-state index contributed by atoms with van der Waals surface area (Å²) in [7, 11) is 0. The predicted molar refractivity (Wildman–Crippen MR) is 57.5 cm³/mol. The minimum absolute atomic E-state index is 0.262. The van der Waals surface area contributed by atoms with Crippen molar-refractivity contribution in [2.75, 3.05) is 13.2 Å². The van der Waals surface area contributed by atoms with E-state index in [-0.39, 0.29) is 12.6 Å². The van der Waals surface area contributed by atoms with E-state index in [1.165, 1.54) is 0 Å². The maximum absolute atomic E-state index is 11.4. The highest BCUT2D eigenvalue weighted by atomic mass is 16.6. The van der Waals surface area contributed by atoms with Gasteiger partial charge in [0.1, 0.15) is 13.2 Å². The lowest BCUT2D eigenvalue weighted by atomic mass is 10.2. The van der Waals surface area contributed by atoms with Crippen molar-refractivity contribution < 1.29 is 14.3 Å². The van der Waals surface area contributed by atoms with Crippen LogP contribution in [0.15, 0.2) is 42.7 Å². The quantitative estimate of drug-likeness (QED) is 0.421. The minimum Gasteiger partial charge on any atom is -0.498 e. The first-order valence-electron chi connectivity index (χ1n) is 4.79. The van der Waals surface area contributed by atoms with E-state index in [9.17, 15) is 4.79 Å². The van der Waals surface area contributed by atoms with Gasteiger partial charge in [-0.3, -0.25) is 0 Å².